The number of rotatable bonds is 5. The van der Waals surface area contributed by atoms with E-state index in [0.717, 1.165) is 31.6 Å². The summed E-state index contributed by atoms with van der Waals surface area (Å²) in [6, 6.07) is 0.163. The summed E-state index contributed by atoms with van der Waals surface area (Å²) in [6.45, 7) is 0. The fourth-order valence-corrected chi connectivity index (χ4v) is 2.56. The van der Waals surface area contributed by atoms with Crippen LogP contribution in [0.4, 0.5) is 0 Å². The van der Waals surface area contributed by atoms with Crippen molar-refractivity contribution in [3.8, 4) is 0 Å². The molecule has 0 aromatic rings. The average Bonchev–Trinajstić information content (AvgIpc) is 3.11. The summed E-state index contributed by atoms with van der Waals surface area (Å²) in [4.78, 5) is 11.6. The Bertz CT molecular complexity index is 238. The van der Waals surface area contributed by atoms with Gasteiger partial charge in [-0.25, -0.2) is 0 Å². The maximum atomic E-state index is 11.6. The van der Waals surface area contributed by atoms with Gasteiger partial charge in [0.2, 0.25) is 5.91 Å². The molecule has 0 heterocycles. The highest BCUT2D eigenvalue weighted by Gasteiger charge is 2.26. The number of carbonyl (C=O) groups is 1. The van der Waals surface area contributed by atoms with Crippen LogP contribution in [0, 0.1) is 5.92 Å². The van der Waals surface area contributed by atoms with Crippen LogP contribution in [-0.2, 0) is 4.79 Å². The van der Waals surface area contributed by atoms with E-state index in [1.54, 1.807) is 0 Å². The van der Waals surface area contributed by atoms with Crippen LogP contribution in [0.3, 0.4) is 0 Å². The summed E-state index contributed by atoms with van der Waals surface area (Å²) in [5.41, 5.74) is 5.90. The highest BCUT2D eigenvalue weighted by atomic mass is 35.5. The fraction of sp³-hybridized carbons (Fsp3) is 0.923. The Hall–Kier alpha value is -0.280. The van der Waals surface area contributed by atoms with E-state index in [1.807, 2.05) is 0 Å². The molecule has 0 bridgehead atoms. The van der Waals surface area contributed by atoms with E-state index in [-0.39, 0.29) is 24.4 Å². The second-order valence-electron chi connectivity index (χ2n) is 5.47. The molecule has 2 saturated carbocycles. The molecule has 2 fully saturated rings. The third-order valence-electron chi connectivity index (χ3n) is 3.87. The average molecular weight is 261 g/mol. The van der Waals surface area contributed by atoms with Crippen molar-refractivity contribution in [1.82, 2.24) is 5.32 Å². The van der Waals surface area contributed by atoms with Crippen LogP contribution in [-0.4, -0.2) is 18.0 Å². The maximum absolute atomic E-state index is 11.6. The van der Waals surface area contributed by atoms with E-state index in [0.29, 0.717) is 6.04 Å². The second-order valence-corrected chi connectivity index (χ2v) is 5.47. The van der Waals surface area contributed by atoms with Gasteiger partial charge in [0.1, 0.15) is 0 Å². The SMILES string of the molecule is Cl.N[C@@H](CCC1CCCCC1)C(=O)NC1CC1. The normalized spacial score (nSPS) is 22.6. The second kappa shape index (κ2) is 7.22. The smallest absolute Gasteiger partial charge is 0.237 e. The van der Waals surface area contributed by atoms with E-state index in [4.69, 9.17) is 5.73 Å². The molecule has 2 aliphatic carbocycles. The van der Waals surface area contributed by atoms with Crippen LogP contribution in [0.1, 0.15) is 57.8 Å². The van der Waals surface area contributed by atoms with Crippen molar-refractivity contribution in [2.24, 2.45) is 11.7 Å². The van der Waals surface area contributed by atoms with Crippen molar-refractivity contribution < 1.29 is 4.79 Å². The van der Waals surface area contributed by atoms with Crippen LogP contribution in [0.15, 0.2) is 0 Å². The van der Waals surface area contributed by atoms with Crippen molar-refractivity contribution >= 4 is 18.3 Å². The van der Waals surface area contributed by atoms with E-state index in [2.05, 4.69) is 5.32 Å². The van der Waals surface area contributed by atoms with Crippen molar-refractivity contribution in [1.29, 1.82) is 0 Å². The van der Waals surface area contributed by atoms with Gasteiger partial charge in [0.25, 0.3) is 0 Å². The Morgan fingerprint density at radius 3 is 2.41 bits per heavy atom. The zero-order valence-corrected chi connectivity index (χ0v) is 11.3. The third-order valence-corrected chi connectivity index (χ3v) is 3.87. The number of hydrogen-bond donors (Lipinski definition) is 2. The zero-order chi connectivity index (χ0) is 11.4. The molecule has 0 radical (unpaired) electrons. The summed E-state index contributed by atoms with van der Waals surface area (Å²) in [6.07, 6.45) is 11.1. The molecule has 0 aromatic heterocycles. The predicted molar refractivity (Wildman–Crippen MR) is 72.2 cm³/mol. The molecule has 0 spiro atoms. The number of hydrogen-bond acceptors (Lipinski definition) is 2. The topological polar surface area (TPSA) is 55.1 Å². The lowest BCUT2D eigenvalue weighted by Crippen LogP contribution is -2.41. The quantitative estimate of drug-likeness (QED) is 0.797. The van der Waals surface area contributed by atoms with Crippen LogP contribution in [0.2, 0.25) is 0 Å². The molecule has 0 unspecified atom stereocenters. The van der Waals surface area contributed by atoms with Crippen molar-refractivity contribution in [3.05, 3.63) is 0 Å². The van der Waals surface area contributed by atoms with Crippen molar-refractivity contribution in [2.75, 3.05) is 0 Å². The van der Waals surface area contributed by atoms with Gasteiger partial charge in [0, 0.05) is 6.04 Å². The molecule has 100 valence electrons. The number of halogens is 1. The number of carbonyl (C=O) groups excluding carboxylic acids is 1. The minimum absolute atomic E-state index is 0. The monoisotopic (exact) mass is 260 g/mol. The molecule has 2 aliphatic rings. The van der Waals surface area contributed by atoms with Gasteiger partial charge >= 0.3 is 0 Å². The molecule has 0 aliphatic heterocycles. The van der Waals surface area contributed by atoms with Crippen molar-refractivity contribution in [2.45, 2.75) is 69.9 Å². The van der Waals surface area contributed by atoms with Gasteiger partial charge in [0.05, 0.1) is 6.04 Å². The van der Waals surface area contributed by atoms with Gasteiger partial charge < -0.3 is 11.1 Å². The Morgan fingerprint density at radius 2 is 1.82 bits per heavy atom. The maximum Gasteiger partial charge on any atom is 0.237 e. The first-order valence-electron chi connectivity index (χ1n) is 6.81. The first-order valence-corrected chi connectivity index (χ1v) is 6.81. The van der Waals surface area contributed by atoms with Gasteiger partial charge in [-0.2, -0.15) is 0 Å². The van der Waals surface area contributed by atoms with Crippen LogP contribution < -0.4 is 11.1 Å². The Morgan fingerprint density at radius 1 is 1.18 bits per heavy atom. The van der Waals surface area contributed by atoms with Crippen LogP contribution in [0.25, 0.3) is 0 Å². The van der Waals surface area contributed by atoms with Gasteiger partial charge in [-0.15, -0.1) is 12.4 Å². The molecule has 2 rings (SSSR count). The first kappa shape index (κ1) is 14.8. The van der Waals surface area contributed by atoms with Gasteiger partial charge in [0.15, 0.2) is 0 Å². The molecule has 1 amide bonds. The molecular weight excluding hydrogens is 236 g/mol. The van der Waals surface area contributed by atoms with E-state index in [9.17, 15) is 4.79 Å². The predicted octanol–water partition coefficient (Wildman–Crippen LogP) is 2.37. The van der Waals surface area contributed by atoms with E-state index >= 15 is 0 Å². The largest absolute Gasteiger partial charge is 0.352 e. The Labute approximate surface area is 110 Å². The van der Waals surface area contributed by atoms with Gasteiger partial charge in [-0.1, -0.05) is 32.1 Å². The van der Waals surface area contributed by atoms with Crippen LogP contribution >= 0.6 is 12.4 Å². The molecule has 17 heavy (non-hydrogen) atoms. The Balaban J connectivity index is 0.00000144. The molecule has 0 aromatic carbocycles. The third kappa shape index (κ3) is 5.26. The summed E-state index contributed by atoms with van der Waals surface area (Å²) >= 11 is 0. The highest BCUT2D eigenvalue weighted by molar-refractivity contribution is 5.85. The van der Waals surface area contributed by atoms with Gasteiger partial charge in [-0.3, -0.25) is 4.79 Å². The minimum Gasteiger partial charge on any atom is -0.352 e. The van der Waals surface area contributed by atoms with Gasteiger partial charge in [-0.05, 0) is 31.6 Å². The molecule has 3 N–H and O–H groups in total. The lowest BCUT2D eigenvalue weighted by molar-refractivity contribution is -0.122. The molecule has 0 saturated heterocycles. The first-order chi connectivity index (χ1) is 7.75. The highest BCUT2D eigenvalue weighted by Crippen LogP contribution is 2.27. The molecule has 1 atom stereocenters. The minimum atomic E-state index is -0.275. The number of nitrogens with one attached hydrogen (secondary N) is 1. The standard InChI is InChI=1S/C13H24N2O.ClH/c14-12(13(16)15-11-7-8-11)9-6-10-4-2-1-3-5-10;/h10-12H,1-9,14H2,(H,15,16);1H/t12-;/m0./s1. The molecule has 3 nitrogen and oxygen atoms in total. The summed E-state index contributed by atoms with van der Waals surface area (Å²) in [5, 5.41) is 2.98. The van der Waals surface area contributed by atoms with Crippen molar-refractivity contribution in [3.63, 3.8) is 0 Å². The van der Waals surface area contributed by atoms with Crippen LogP contribution in [0.5, 0.6) is 0 Å². The Kier molecular flexibility index (Phi) is 6.28. The molecular formula is C13H25ClN2O. The lowest BCUT2D eigenvalue weighted by Gasteiger charge is -2.22. The lowest BCUT2D eigenvalue weighted by atomic mass is 9.85. The zero-order valence-electron chi connectivity index (χ0n) is 10.5. The summed E-state index contributed by atoms with van der Waals surface area (Å²) in [5.74, 6) is 0.895. The van der Waals surface area contributed by atoms with E-state index < -0.39 is 0 Å². The molecule has 4 heteroatoms. The number of nitrogens with two attached hydrogens (primary N) is 1. The van der Waals surface area contributed by atoms with E-state index in [1.165, 1.54) is 32.1 Å². The summed E-state index contributed by atoms with van der Waals surface area (Å²) < 4.78 is 0. The number of amides is 1. The summed E-state index contributed by atoms with van der Waals surface area (Å²) in [7, 11) is 0. The fourth-order valence-electron chi connectivity index (χ4n) is 2.56.